The van der Waals surface area contributed by atoms with E-state index in [1.165, 1.54) is 57.5 Å². The van der Waals surface area contributed by atoms with Crippen LogP contribution < -0.4 is 10.9 Å². The van der Waals surface area contributed by atoms with E-state index in [1.807, 2.05) is 0 Å². The van der Waals surface area contributed by atoms with Crippen LogP contribution in [0.2, 0.25) is 0 Å². The Morgan fingerprint density at radius 2 is 1.25 bits per heavy atom. The fraction of sp³-hybridized carbons (Fsp3) is 0. The van der Waals surface area contributed by atoms with Crippen LogP contribution in [0.5, 0.6) is 0 Å². The highest BCUT2D eigenvalue weighted by molar-refractivity contribution is 7.78. The first-order valence-electron chi connectivity index (χ1n) is 4.16. The van der Waals surface area contributed by atoms with E-state index in [-0.39, 0.29) is 10.9 Å². The Morgan fingerprint density at radius 3 is 1.69 bits per heavy atom. The number of fused-ring (bicyclic) bond motifs is 1. The van der Waals surface area contributed by atoms with Crippen LogP contribution in [0, 0.1) is 12.2 Å². The summed E-state index contributed by atoms with van der Waals surface area (Å²) in [7, 11) is 0. The topological polar surface area (TPSA) is 34.1 Å². The van der Waals surface area contributed by atoms with Crippen LogP contribution in [-0.4, -0.2) is 0 Å². The summed E-state index contributed by atoms with van der Waals surface area (Å²) in [6.45, 7) is 0. The molecule has 2 nitrogen and oxygen atoms in total. The van der Waals surface area contributed by atoms with Gasteiger partial charge in [0.15, 0.2) is 10.9 Å². The lowest BCUT2D eigenvalue weighted by Gasteiger charge is -1.89. The average Bonchev–Trinajstić information content (AvgIpc) is 2.61. The summed E-state index contributed by atoms with van der Waals surface area (Å²) in [5.74, 6) is 0. The summed E-state index contributed by atoms with van der Waals surface area (Å²) in [4.78, 5) is 23.3. The van der Waals surface area contributed by atoms with Crippen molar-refractivity contribution in [3.8, 4) is 0 Å². The van der Waals surface area contributed by atoms with E-state index < -0.39 is 0 Å². The van der Waals surface area contributed by atoms with Gasteiger partial charge < -0.3 is 0 Å². The summed E-state index contributed by atoms with van der Waals surface area (Å²) >= 11 is 10.9. The zero-order valence-corrected chi connectivity index (χ0v) is 11.6. The fourth-order valence-corrected chi connectivity index (χ4v) is 7.40. The Balaban J connectivity index is 2.78. The van der Waals surface area contributed by atoms with Crippen molar-refractivity contribution < 1.29 is 0 Å². The van der Waals surface area contributed by atoms with Gasteiger partial charge in [-0.15, -0.1) is 45.3 Å². The molecule has 3 rings (SSSR count). The van der Waals surface area contributed by atoms with Gasteiger partial charge in [-0.05, 0) is 12.1 Å². The van der Waals surface area contributed by atoms with Crippen LogP contribution in [0.4, 0.5) is 0 Å². The molecule has 0 saturated heterocycles. The molecule has 2 aliphatic rings. The monoisotopic (exact) mass is 302 g/mol. The Kier molecular flexibility index (Phi) is 2.52. The molecule has 1 aromatic rings. The molecule has 0 aromatic carbocycles. The van der Waals surface area contributed by atoms with Crippen molar-refractivity contribution in [1.82, 2.24) is 0 Å². The fourth-order valence-electron chi connectivity index (χ4n) is 1.29. The SMILES string of the molecule is O=c1ccc(=O)c2sc3sc(=S)sc3sc1=2. The van der Waals surface area contributed by atoms with E-state index in [0.29, 0.717) is 9.06 Å². The lowest BCUT2D eigenvalue weighted by Crippen LogP contribution is -2.08. The standard InChI is InChI=1S/C9H2O2S5/c10-3-1-2-4(11)6-5(3)13-7-8(14-6)16-9(12)15-7/h1-2H. The van der Waals surface area contributed by atoms with Gasteiger partial charge in [0.2, 0.25) is 0 Å². The van der Waals surface area contributed by atoms with Gasteiger partial charge in [0.1, 0.15) is 11.2 Å². The van der Waals surface area contributed by atoms with Crippen LogP contribution in [0.1, 0.15) is 0 Å². The van der Waals surface area contributed by atoms with E-state index >= 15 is 0 Å². The molecule has 0 unspecified atom stereocenters. The van der Waals surface area contributed by atoms with Crippen LogP contribution in [0.3, 0.4) is 0 Å². The maximum Gasteiger partial charge on any atom is 0.197 e. The van der Waals surface area contributed by atoms with Gasteiger partial charge in [0.25, 0.3) is 0 Å². The molecule has 1 aliphatic heterocycles. The van der Waals surface area contributed by atoms with Gasteiger partial charge in [0, 0.05) is 0 Å². The molecule has 80 valence electrons. The third-order valence-corrected chi connectivity index (χ3v) is 7.70. The predicted octanol–water partition coefficient (Wildman–Crippen LogP) is 3.26. The van der Waals surface area contributed by atoms with E-state index in [2.05, 4.69) is 0 Å². The summed E-state index contributed by atoms with van der Waals surface area (Å²) in [6.07, 6.45) is 0. The quantitative estimate of drug-likeness (QED) is 0.598. The number of hydrogen-bond donors (Lipinski definition) is 0. The molecule has 0 spiro atoms. The first-order chi connectivity index (χ1) is 7.65. The maximum absolute atomic E-state index is 11.6. The van der Waals surface area contributed by atoms with Gasteiger partial charge in [0.05, 0.1) is 9.06 Å². The molecular formula is C9H2O2S5. The van der Waals surface area contributed by atoms with E-state index in [1.54, 1.807) is 0 Å². The minimum atomic E-state index is -0.0814. The van der Waals surface area contributed by atoms with E-state index in [4.69, 9.17) is 12.2 Å². The summed E-state index contributed by atoms with van der Waals surface area (Å²) in [5.41, 5.74) is -0.163. The normalized spacial score (nSPS) is 11.2. The van der Waals surface area contributed by atoms with Gasteiger partial charge >= 0.3 is 0 Å². The van der Waals surface area contributed by atoms with Crippen molar-refractivity contribution in [2.45, 2.75) is 0 Å². The van der Waals surface area contributed by atoms with Crippen LogP contribution in [0.25, 0.3) is 8.03 Å². The van der Waals surface area contributed by atoms with Crippen molar-refractivity contribution in [2.75, 3.05) is 0 Å². The second kappa shape index (κ2) is 3.78. The third kappa shape index (κ3) is 1.59. The maximum atomic E-state index is 11.6. The summed E-state index contributed by atoms with van der Waals surface area (Å²) < 4.78 is 4.01. The van der Waals surface area contributed by atoms with Crippen molar-refractivity contribution >= 4 is 65.6 Å². The Labute approximate surface area is 110 Å². The highest BCUT2D eigenvalue weighted by Gasteiger charge is 2.05. The van der Waals surface area contributed by atoms with Gasteiger partial charge in [-0.3, -0.25) is 9.59 Å². The Bertz CT molecular complexity index is 837. The first-order valence-corrected chi connectivity index (χ1v) is 7.83. The first kappa shape index (κ1) is 10.7. The highest BCUT2D eigenvalue weighted by Crippen LogP contribution is 2.34. The molecule has 7 heteroatoms. The van der Waals surface area contributed by atoms with Crippen molar-refractivity contribution in [1.29, 1.82) is 0 Å². The minimum absolute atomic E-state index is 0.0814. The molecule has 2 heterocycles. The molecule has 1 aliphatic carbocycles. The zero-order chi connectivity index (χ0) is 11.3. The molecule has 0 bridgehead atoms. The lowest BCUT2D eigenvalue weighted by atomic mass is 10.4. The summed E-state index contributed by atoms with van der Waals surface area (Å²) in [6, 6.07) is 2.68. The second-order valence-electron chi connectivity index (χ2n) is 2.95. The molecule has 0 fully saturated rings. The molecule has 0 amide bonds. The molecule has 0 N–H and O–H groups in total. The molecule has 0 radical (unpaired) electrons. The smallest absolute Gasteiger partial charge is 0.197 e. The number of hydrogen-bond acceptors (Lipinski definition) is 7. The molecule has 0 atom stereocenters. The van der Waals surface area contributed by atoms with Crippen LogP contribution >= 0.6 is 57.6 Å². The predicted molar refractivity (Wildman–Crippen MR) is 74.1 cm³/mol. The van der Waals surface area contributed by atoms with E-state index in [9.17, 15) is 9.59 Å². The van der Waals surface area contributed by atoms with Gasteiger partial charge in [-0.25, -0.2) is 0 Å². The third-order valence-electron chi connectivity index (χ3n) is 1.95. The van der Waals surface area contributed by atoms with Crippen molar-refractivity contribution in [3.05, 3.63) is 44.8 Å². The molecule has 1 aromatic heterocycles. The molecular weight excluding hydrogens is 300 g/mol. The zero-order valence-electron chi connectivity index (χ0n) is 7.51. The van der Waals surface area contributed by atoms with Gasteiger partial charge in [-0.1, -0.05) is 12.2 Å². The second-order valence-corrected chi connectivity index (χ2v) is 8.74. The molecule has 16 heavy (non-hydrogen) atoms. The van der Waals surface area contributed by atoms with E-state index in [0.717, 1.165) is 11.2 Å². The Morgan fingerprint density at radius 1 is 0.812 bits per heavy atom. The Hall–Kier alpha value is -0.470. The van der Waals surface area contributed by atoms with Crippen molar-refractivity contribution in [2.24, 2.45) is 0 Å². The largest absolute Gasteiger partial charge is 0.288 e. The van der Waals surface area contributed by atoms with Crippen molar-refractivity contribution in [3.63, 3.8) is 0 Å². The summed E-state index contributed by atoms with van der Waals surface area (Å²) in [5, 5.41) is 0. The molecule has 0 saturated carbocycles. The van der Waals surface area contributed by atoms with Crippen LogP contribution in [-0.2, 0) is 0 Å². The highest BCUT2D eigenvalue weighted by atomic mass is 32.2. The lowest BCUT2D eigenvalue weighted by molar-refractivity contribution is 1.48. The van der Waals surface area contributed by atoms with Gasteiger partial charge in [-0.2, -0.15) is 0 Å². The van der Waals surface area contributed by atoms with Crippen LogP contribution in [0.15, 0.2) is 21.7 Å². The minimum Gasteiger partial charge on any atom is -0.288 e. The average molecular weight is 302 g/mol. The number of rotatable bonds is 0.